The number of methoxy groups -OCH3 is 1. The Labute approximate surface area is 263 Å². The van der Waals surface area contributed by atoms with Gasteiger partial charge in [-0.1, -0.05) is 91.0 Å². The van der Waals surface area contributed by atoms with Crippen molar-refractivity contribution in [1.29, 1.82) is 0 Å². The van der Waals surface area contributed by atoms with Crippen LogP contribution in [0.3, 0.4) is 0 Å². The molecule has 0 radical (unpaired) electrons. The Morgan fingerprint density at radius 1 is 0.826 bits per heavy atom. The molecule has 2 fully saturated rings. The van der Waals surface area contributed by atoms with Crippen LogP contribution in [0.25, 0.3) is 0 Å². The number of nitrogens with zero attached hydrogens (tertiary/aromatic N) is 2. The number of hydrogen-bond acceptors (Lipinski definition) is 5. The van der Waals surface area contributed by atoms with Crippen molar-refractivity contribution in [3.8, 4) is 5.75 Å². The number of ether oxygens (including phenoxy) is 1. The predicted molar refractivity (Wildman–Crippen MR) is 164 cm³/mol. The normalized spacial score (nSPS) is 25.6. The van der Waals surface area contributed by atoms with E-state index in [0.29, 0.717) is 17.0 Å². The summed E-state index contributed by atoms with van der Waals surface area (Å²) >= 11 is 0. The fourth-order valence-electron chi connectivity index (χ4n) is 7.71. The van der Waals surface area contributed by atoms with Gasteiger partial charge in [-0.25, -0.2) is 0 Å². The molecule has 1 N–H and O–H groups in total. The first kappa shape index (κ1) is 29.7. The van der Waals surface area contributed by atoms with E-state index in [0.717, 1.165) is 5.56 Å². The number of fused-ring (bicyclic) bond motifs is 3. The van der Waals surface area contributed by atoms with Gasteiger partial charge in [0.15, 0.2) is 0 Å². The van der Waals surface area contributed by atoms with E-state index < -0.39 is 53.2 Å². The molecule has 7 nitrogen and oxygen atoms in total. The molecule has 3 aliphatic heterocycles. The predicted octanol–water partition coefficient (Wildman–Crippen LogP) is 5.35. The maximum atomic E-state index is 15.3. The van der Waals surface area contributed by atoms with Gasteiger partial charge in [-0.2, -0.15) is 13.2 Å². The van der Waals surface area contributed by atoms with Gasteiger partial charge < -0.3 is 14.5 Å². The van der Waals surface area contributed by atoms with E-state index >= 15 is 18.0 Å². The lowest BCUT2D eigenvalue weighted by Gasteiger charge is -2.40. The molecule has 3 heterocycles. The molecule has 46 heavy (non-hydrogen) atoms. The van der Waals surface area contributed by atoms with E-state index in [1.807, 2.05) is 30.3 Å². The third-order valence-corrected chi connectivity index (χ3v) is 9.61. The molecule has 3 aliphatic rings. The van der Waals surface area contributed by atoms with Crippen molar-refractivity contribution in [3.05, 3.63) is 131 Å². The molecule has 0 unspecified atom stereocenters. The SMILES string of the molecule is COc1ccc2c(c1)[C@@]1(N[C@H](C(F)(F)F)[C@@H](c3ccccc3)[C@@]13CN(Cc1ccccc1)C(=O)C3=O)C(=O)N2Cc1ccccc1. The summed E-state index contributed by atoms with van der Waals surface area (Å²) in [6, 6.07) is 28.4. The van der Waals surface area contributed by atoms with Crippen molar-refractivity contribution in [3.63, 3.8) is 0 Å². The third-order valence-electron chi connectivity index (χ3n) is 9.61. The standard InChI is InChI=1S/C36H30F3N3O4/c1-46-26-17-18-28-27(19-26)35(33(45)42(28)21-24-13-7-3-8-14-24)34(22-41(32(44)31(34)43)20-23-11-5-2-6-12-23)29(25-15-9-4-10-16-25)30(40-35)36(37,38)39/h2-19,29-30,40H,20-22H2,1H3/t29-,30+,34-,35-/m1/s1. The quantitative estimate of drug-likeness (QED) is 0.293. The molecule has 0 saturated carbocycles. The van der Waals surface area contributed by atoms with Crippen LogP contribution in [-0.4, -0.2) is 48.4 Å². The molecule has 0 aliphatic carbocycles. The first-order valence-corrected chi connectivity index (χ1v) is 14.9. The van der Waals surface area contributed by atoms with E-state index in [4.69, 9.17) is 4.74 Å². The number of ketones is 1. The van der Waals surface area contributed by atoms with Crippen molar-refractivity contribution in [2.24, 2.45) is 5.41 Å². The number of amides is 2. The van der Waals surface area contributed by atoms with Gasteiger partial charge in [0.2, 0.25) is 5.78 Å². The zero-order valence-corrected chi connectivity index (χ0v) is 24.8. The molecule has 7 rings (SSSR count). The van der Waals surface area contributed by atoms with Gasteiger partial charge in [-0.3, -0.25) is 19.7 Å². The topological polar surface area (TPSA) is 79.0 Å². The molecule has 4 aromatic carbocycles. The fourth-order valence-corrected chi connectivity index (χ4v) is 7.71. The second-order valence-electron chi connectivity index (χ2n) is 12.0. The highest BCUT2D eigenvalue weighted by Gasteiger charge is 2.81. The van der Waals surface area contributed by atoms with Crippen LogP contribution in [0.2, 0.25) is 0 Å². The Hall–Kier alpha value is -4.96. The number of alkyl halides is 3. The zero-order valence-electron chi connectivity index (χ0n) is 24.8. The van der Waals surface area contributed by atoms with Crippen LogP contribution in [0.1, 0.15) is 28.2 Å². The second-order valence-corrected chi connectivity index (χ2v) is 12.0. The molecule has 2 spiro atoms. The molecule has 0 aromatic heterocycles. The number of rotatable bonds is 6. The van der Waals surface area contributed by atoms with Crippen LogP contribution in [-0.2, 0) is 33.0 Å². The van der Waals surface area contributed by atoms with E-state index in [9.17, 15) is 9.59 Å². The lowest BCUT2D eigenvalue weighted by molar-refractivity contribution is -0.159. The average Bonchev–Trinajstić information content (AvgIpc) is 3.61. The highest BCUT2D eigenvalue weighted by Crippen LogP contribution is 2.65. The van der Waals surface area contributed by atoms with Gasteiger partial charge in [0.25, 0.3) is 11.8 Å². The van der Waals surface area contributed by atoms with E-state index in [2.05, 4.69) is 5.32 Å². The summed E-state index contributed by atoms with van der Waals surface area (Å²) in [4.78, 5) is 46.5. The van der Waals surface area contributed by atoms with Crippen LogP contribution < -0.4 is 15.0 Å². The summed E-state index contributed by atoms with van der Waals surface area (Å²) in [7, 11) is 1.42. The summed E-state index contributed by atoms with van der Waals surface area (Å²) in [6.07, 6.45) is -4.89. The summed E-state index contributed by atoms with van der Waals surface area (Å²) < 4.78 is 51.4. The molecule has 234 valence electrons. The number of carbonyl (C=O) groups is 3. The molecular weight excluding hydrogens is 595 g/mol. The first-order chi connectivity index (χ1) is 22.1. The minimum atomic E-state index is -4.89. The molecule has 10 heteroatoms. The van der Waals surface area contributed by atoms with E-state index in [1.165, 1.54) is 35.1 Å². The number of benzene rings is 4. The fraction of sp³-hybridized carbons (Fsp3) is 0.250. The number of nitrogens with one attached hydrogen (secondary N) is 1. The number of halogens is 3. The van der Waals surface area contributed by atoms with Gasteiger partial charge in [0.05, 0.1) is 19.1 Å². The summed E-state index contributed by atoms with van der Waals surface area (Å²) in [6.45, 7) is -0.365. The molecule has 2 saturated heterocycles. The van der Waals surface area contributed by atoms with Gasteiger partial charge in [0, 0.05) is 30.3 Å². The van der Waals surface area contributed by atoms with Crippen molar-refractivity contribution in [2.45, 2.75) is 36.8 Å². The lowest BCUT2D eigenvalue weighted by atomic mass is 9.59. The molecular formula is C36H30F3N3O4. The van der Waals surface area contributed by atoms with Crippen molar-refractivity contribution >= 4 is 23.3 Å². The van der Waals surface area contributed by atoms with Crippen molar-refractivity contribution in [1.82, 2.24) is 10.2 Å². The van der Waals surface area contributed by atoms with Crippen LogP contribution in [0.4, 0.5) is 18.9 Å². The average molecular weight is 626 g/mol. The molecule has 4 atom stereocenters. The maximum Gasteiger partial charge on any atom is 0.404 e. The van der Waals surface area contributed by atoms with Gasteiger partial charge in [-0.15, -0.1) is 0 Å². The Morgan fingerprint density at radius 2 is 1.41 bits per heavy atom. The highest BCUT2D eigenvalue weighted by atomic mass is 19.4. The molecule has 0 bridgehead atoms. The summed E-state index contributed by atoms with van der Waals surface area (Å²) in [5, 5.41) is 2.72. The Morgan fingerprint density at radius 3 is 2.00 bits per heavy atom. The van der Waals surface area contributed by atoms with Gasteiger partial charge in [-0.05, 0) is 34.9 Å². The number of carbonyl (C=O) groups excluding carboxylic acids is 3. The van der Waals surface area contributed by atoms with Gasteiger partial charge >= 0.3 is 6.18 Å². The monoisotopic (exact) mass is 625 g/mol. The number of likely N-dealkylation sites (tertiary alicyclic amines) is 1. The van der Waals surface area contributed by atoms with Crippen LogP contribution in [0.15, 0.2) is 109 Å². The smallest absolute Gasteiger partial charge is 0.404 e. The van der Waals surface area contributed by atoms with Crippen LogP contribution >= 0.6 is 0 Å². The lowest BCUT2D eigenvalue weighted by Crippen LogP contribution is -2.60. The van der Waals surface area contributed by atoms with Crippen LogP contribution in [0, 0.1) is 5.41 Å². The second kappa shape index (κ2) is 10.8. The van der Waals surface area contributed by atoms with Gasteiger partial charge in [0.1, 0.15) is 17.3 Å². The number of Topliss-reactive ketones (excluding diaryl/α,β-unsaturated/α-hetero) is 1. The van der Waals surface area contributed by atoms with Crippen molar-refractivity contribution < 1.29 is 32.3 Å². The highest BCUT2D eigenvalue weighted by molar-refractivity contribution is 6.42. The van der Waals surface area contributed by atoms with Crippen molar-refractivity contribution in [2.75, 3.05) is 18.6 Å². The first-order valence-electron chi connectivity index (χ1n) is 14.9. The number of hydrogen-bond donors (Lipinski definition) is 1. The van der Waals surface area contributed by atoms with Crippen LogP contribution in [0.5, 0.6) is 5.75 Å². The largest absolute Gasteiger partial charge is 0.497 e. The molecule has 4 aromatic rings. The zero-order chi connectivity index (χ0) is 32.3. The van der Waals surface area contributed by atoms with E-state index in [-0.39, 0.29) is 24.2 Å². The summed E-state index contributed by atoms with van der Waals surface area (Å²) in [5.41, 5.74) is -2.24. The van der Waals surface area contributed by atoms with E-state index in [1.54, 1.807) is 60.7 Å². The Bertz CT molecular complexity index is 1820. The third kappa shape index (κ3) is 4.27. The minimum absolute atomic E-state index is 0.00563. The minimum Gasteiger partial charge on any atom is -0.497 e. The Kier molecular flexibility index (Phi) is 7.01. The molecule has 2 amide bonds. The Balaban J connectivity index is 1.50. The number of anilines is 1. The maximum absolute atomic E-state index is 15.3. The summed E-state index contributed by atoms with van der Waals surface area (Å²) in [5.74, 6) is -3.98.